The number of fused-ring (bicyclic) bond motifs is 2. The van der Waals surface area contributed by atoms with Crippen molar-refractivity contribution in [3.63, 3.8) is 0 Å². The third kappa shape index (κ3) is 2.88. The molecule has 4 aromatic rings. The molecule has 0 bridgehead atoms. The molecule has 0 aromatic carbocycles. The summed E-state index contributed by atoms with van der Waals surface area (Å²) in [5, 5.41) is 4.39. The van der Waals surface area contributed by atoms with Crippen LogP contribution in [0.25, 0.3) is 16.8 Å². The molecule has 0 saturated heterocycles. The van der Waals surface area contributed by atoms with Crippen molar-refractivity contribution < 1.29 is 9.18 Å². The van der Waals surface area contributed by atoms with E-state index in [1.165, 1.54) is 12.3 Å². The minimum absolute atomic E-state index is 0.126. The van der Waals surface area contributed by atoms with Crippen LogP contribution in [0.4, 0.5) is 4.39 Å². The molecule has 1 aliphatic heterocycles. The molecule has 0 fully saturated rings. The fourth-order valence-corrected chi connectivity index (χ4v) is 3.75. The molecule has 4 aromatic heterocycles. The SMILES string of the molecule is O=C(c1cc2ccc(Br)cn2n1)N1CCn2c(-c3ccc(F)nc3)cnc2C1. The summed E-state index contributed by atoms with van der Waals surface area (Å²) in [5.74, 6) is 0.142. The molecule has 0 N–H and O–H groups in total. The summed E-state index contributed by atoms with van der Waals surface area (Å²) in [5.41, 5.74) is 2.93. The first-order valence-corrected chi connectivity index (χ1v) is 9.48. The van der Waals surface area contributed by atoms with Gasteiger partial charge < -0.3 is 9.47 Å². The van der Waals surface area contributed by atoms with E-state index in [4.69, 9.17) is 0 Å². The molecule has 5 rings (SSSR count). The highest BCUT2D eigenvalue weighted by Crippen LogP contribution is 2.24. The number of carbonyl (C=O) groups excluding carboxylic acids is 1. The Bertz CT molecular complexity index is 1200. The first-order chi connectivity index (χ1) is 13.6. The van der Waals surface area contributed by atoms with E-state index in [0.29, 0.717) is 25.3 Å². The third-order valence-corrected chi connectivity index (χ3v) is 5.29. The van der Waals surface area contributed by atoms with Gasteiger partial charge in [-0.1, -0.05) is 0 Å². The van der Waals surface area contributed by atoms with E-state index >= 15 is 0 Å². The molecule has 5 heterocycles. The molecule has 0 radical (unpaired) electrons. The Balaban J connectivity index is 1.41. The van der Waals surface area contributed by atoms with Crippen LogP contribution in [0.1, 0.15) is 16.3 Å². The standard InChI is InChI=1S/C19H14BrFN6O/c20-13-2-3-14-7-15(24-27(14)10-13)19(28)25-5-6-26-16(9-23-18(26)11-25)12-1-4-17(21)22-8-12/h1-4,7-10H,5-6,11H2. The number of hydrogen-bond donors (Lipinski definition) is 0. The van der Waals surface area contributed by atoms with Crippen molar-refractivity contribution in [1.82, 2.24) is 29.0 Å². The first-order valence-electron chi connectivity index (χ1n) is 8.69. The van der Waals surface area contributed by atoms with Crippen LogP contribution in [0.15, 0.2) is 53.4 Å². The average Bonchev–Trinajstić information content (AvgIpc) is 3.31. The molecule has 0 spiro atoms. The molecular weight excluding hydrogens is 427 g/mol. The number of halogens is 2. The fraction of sp³-hybridized carbons (Fsp3) is 0.158. The molecule has 0 atom stereocenters. The fourth-order valence-electron chi connectivity index (χ4n) is 3.42. The van der Waals surface area contributed by atoms with Gasteiger partial charge in [-0.3, -0.25) is 4.79 Å². The van der Waals surface area contributed by atoms with Crippen molar-refractivity contribution in [2.45, 2.75) is 13.1 Å². The number of aromatic nitrogens is 5. The van der Waals surface area contributed by atoms with Crippen molar-refractivity contribution in [3.8, 4) is 11.3 Å². The van der Waals surface area contributed by atoms with Crippen LogP contribution in [0.5, 0.6) is 0 Å². The van der Waals surface area contributed by atoms with Gasteiger partial charge in [0.25, 0.3) is 5.91 Å². The summed E-state index contributed by atoms with van der Waals surface area (Å²) in [6, 6.07) is 8.61. The number of imidazole rings is 1. The molecule has 28 heavy (non-hydrogen) atoms. The lowest BCUT2D eigenvalue weighted by molar-refractivity contribution is 0.0701. The van der Waals surface area contributed by atoms with E-state index < -0.39 is 5.95 Å². The van der Waals surface area contributed by atoms with Gasteiger partial charge in [-0.25, -0.2) is 14.5 Å². The van der Waals surface area contributed by atoms with Crippen LogP contribution in [0.2, 0.25) is 0 Å². The van der Waals surface area contributed by atoms with Crippen LogP contribution >= 0.6 is 15.9 Å². The Morgan fingerprint density at radius 3 is 2.82 bits per heavy atom. The number of nitrogens with zero attached hydrogens (tertiary/aromatic N) is 6. The molecular formula is C19H14BrFN6O. The highest BCUT2D eigenvalue weighted by Gasteiger charge is 2.26. The molecule has 140 valence electrons. The topological polar surface area (TPSA) is 68.3 Å². The Hall–Kier alpha value is -3.07. The van der Waals surface area contributed by atoms with E-state index in [0.717, 1.165) is 27.1 Å². The highest BCUT2D eigenvalue weighted by molar-refractivity contribution is 9.10. The number of hydrogen-bond acceptors (Lipinski definition) is 4. The highest BCUT2D eigenvalue weighted by atomic mass is 79.9. The van der Waals surface area contributed by atoms with Crippen LogP contribution in [-0.4, -0.2) is 41.5 Å². The van der Waals surface area contributed by atoms with Gasteiger partial charge in [0, 0.05) is 35.5 Å². The number of amides is 1. The molecule has 0 unspecified atom stereocenters. The van der Waals surface area contributed by atoms with Crippen molar-refractivity contribution in [1.29, 1.82) is 0 Å². The quantitative estimate of drug-likeness (QED) is 0.449. The van der Waals surface area contributed by atoms with Crippen molar-refractivity contribution in [2.75, 3.05) is 6.54 Å². The minimum Gasteiger partial charge on any atom is -0.328 e. The molecule has 9 heteroatoms. The van der Waals surface area contributed by atoms with E-state index in [9.17, 15) is 9.18 Å². The summed E-state index contributed by atoms with van der Waals surface area (Å²) in [4.78, 5) is 22.8. The number of pyridine rings is 2. The molecule has 1 aliphatic rings. The van der Waals surface area contributed by atoms with Gasteiger partial charge >= 0.3 is 0 Å². The second-order valence-electron chi connectivity index (χ2n) is 6.55. The summed E-state index contributed by atoms with van der Waals surface area (Å²) in [6.45, 7) is 1.54. The third-order valence-electron chi connectivity index (χ3n) is 4.82. The van der Waals surface area contributed by atoms with Gasteiger partial charge in [0.05, 0.1) is 24.0 Å². The Morgan fingerprint density at radius 2 is 2.00 bits per heavy atom. The minimum atomic E-state index is -0.515. The average molecular weight is 441 g/mol. The maximum atomic E-state index is 13.1. The number of rotatable bonds is 2. The predicted molar refractivity (Wildman–Crippen MR) is 103 cm³/mol. The van der Waals surface area contributed by atoms with Crippen LogP contribution in [-0.2, 0) is 13.1 Å². The Labute approximate surface area is 167 Å². The van der Waals surface area contributed by atoms with Gasteiger partial charge in [0.2, 0.25) is 5.95 Å². The van der Waals surface area contributed by atoms with E-state index in [1.54, 1.807) is 27.7 Å². The molecule has 0 aliphatic carbocycles. The first kappa shape index (κ1) is 17.1. The van der Waals surface area contributed by atoms with Gasteiger partial charge in [-0.05, 0) is 46.3 Å². The van der Waals surface area contributed by atoms with E-state index in [-0.39, 0.29) is 5.91 Å². The largest absolute Gasteiger partial charge is 0.328 e. The maximum Gasteiger partial charge on any atom is 0.274 e. The van der Waals surface area contributed by atoms with Gasteiger partial charge in [0.15, 0.2) is 5.69 Å². The van der Waals surface area contributed by atoms with Crippen molar-refractivity contribution in [2.24, 2.45) is 0 Å². The zero-order valence-electron chi connectivity index (χ0n) is 14.6. The zero-order chi connectivity index (χ0) is 19.3. The van der Waals surface area contributed by atoms with Crippen LogP contribution in [0.3, 0.4) is 0 Å². The second kappa shape index (κ2) is 6.52. The monoisotopic (exact) mass is 440 g/mol. The number of carbonyl (C=O) groups is 1. The van der Waals surface area contributed by atoms with E-state index in [2.05, 4.69) is 31.0 Å². The van der Waals surface area contributed by atoms with E-state index in [1.807, 2.05) is 22.9 Å². The summed E-state index contributed by atoms with van der Waals surface area (Å²) >= 11 is 3.41. The smallest absolute Gasteiger partial charge is 0.274 e. The zero-order valence-corrected chi connectivity index (χ0v) is 16.2. The maximum absolute atomic E-state index is 13.1. The van der Waals surface area contributed by atoms with Crippen molar-refractivity contribution in [3.05, 3.63) is 70.9 Å². The van der Waals surface area contributed by atoms with Gasteiger partial charge in [0.1, 0.15) is 5.82 Å². The lowest BCUT2D eigenvalue weighted by Gasteiger charge is -2.28. The van der Waals surface area contributed by atoms with Crippen LogP contribution in [0, 0.1) is 5.95 Å². The summed E-state index contributed by atoms with van der Waals surface area (Å²) in [6.07, 6.45) is 5.05. The molecule has 0 saturated carbocycles. The summed E-state index contributed by atoms with van der Waals surface area (Å²) in [7, 11) is 0. The summed E-state index contributed by atoms with van der Waals surface area (Å²) < 4.78 is 17.7. The lowest BCUT2D eigenvalue weighted by Crippen LogP contribution is -2.38. The van der Waals surface area contributed by atoms with Crippen LogP contribution < -0.4 is 0 Å². The van der Waals surface area contributed by atoms with Gasteiger partial charge in [-0.15, -0.1) is 0 Å². The molecule has 1 amide bonds. The van der Waals surface area contributed by atoms with Gasteiger partial charge in [-0.2, -0.15) is 9.49 Å². The Kier molecular flexibility index (Phi) is 3.97. The normalized spacial score (nSPS) is 13.7. The van der Waals surface area contributed by atoms with Crippen molar-refractivity contribution >= 4 is 27.4 Å². The second-order valence-corrected chi connectivity index (χ2v) is 7.47. The predicted octanol–water partition coefficient (Wildman–Crippen LogP) is 3.15. The molecule has 7 nitrogen and oxygen atoms in total. The lowest BCUT2D eigenvalue weighted by atomic mass is 10.2. The Morgan fingerprint density at radius 1 is 1.11 bits per heavy atom.